The number of carbonyl (C=O) groups is 2. The van der Waals surface area contributed by atoms with Crippen molar-refractivity contribution in [1.82, 2.24) is 24.9 Å². The Morgan fingerprint density at radius 2 is 1.82 bits per heavy atom. The van der Waals surface area contributed by atoms with E-state index in [1.807, 2.05) is 0 Å². The van der Waals surface area contributed by atoms with Gasteiger partial charge < -0.3 is 19.9 Å². The molecule has 2 N–H and O–H groups in total. The highest BCUT2D eigenvalue weighted by molar-refractivity contribution is 5.92. The molecule has 44 heavy (non-hydrogen) atoms. The van der Waals surface area contributed by atoms with Crippen LogP contribution in [0.5, 0.6) is 5.75 Å². The zero-order valence-corrected chi connectivity index (χ0v) is 22.7. The number of aromatic nitrogens is 4. The molecule has 2 aromatic heterocycles. The Kier molecular flexibility index (Phi) is 10.0. The Morgan fingerprint density at radius 1 is 1.05 bits per heavy atom. The van der Waals surface area contributed by atoms with Gasteiger partial charge in [0, 0.05) is 19.3 Å². The number of nitrogens with one attached hydrogen (secondary N) is 2. The number of ether oxygens (including phenoxy) is 1. The number of alkyl halides is 4. The van der Waals surface area contributed by atoms with E-state index in [1.54, 1.807) is 0 Å². The number of amides is 2. The van der Waals surface area contributed by atoms with Crippen LogP contribution in [0.25, 0.3) is 0 Å². The van der Waals surface area contributed by atoms with Crippen molar-refractivity contribution in [3.8, 4) is 5.75 Å². The fourth-order valence-corrected chi connectivity index (χ4v) is 4.02. The topological polar surface area (TPSA) is 120 Å². The van der Waals surface area contributed by atoms with Gasteiger partial charge >= 0.3 is 6.36 Å². The molecule has 1 atom stereocenters. The first-order valence-electron chi connectivity index (χ1n) is 13.0. The van der Waals surface area contributed by atoms with Gasteiger partial charge in [0.1, 0.15) is 17.7 Å². The van der Waals surface area contributed by atoms with Gasteiger partial charge in [0.05, 0.1) is 24.8 Å². The van der Waals surface area contributed by atoms with Crippen LogP contribution in [-0.4, -0.2) is 43.9 Å². The van der Waals surface area contributed by atoms with Crippen LogP contribution in [0.4, 0.5) is 32.0 Å². The number of carbonyl (C=O) groups excluding carboxylic acids is 2. The Labute approximate surface area is 245 Å². The lowest BCUT2D eigenvalue weighted by Gasteiger charge is -2.12. The van der Waals surface area contributed by atoms with Crippen molar-refractivity contribution >= 4 is 17.5 Å². The van der Waals surface area contributed by atoms with Gasteiger partial charge in [-0.05, 0) is 41.8 Å². The van der Waals surface area contributed by atoms with E-state index in [2.05, 4.69) is 25.7 Å². The molecule has 0 bridgehead atoms. The monoisotopic (exact) mass is 622 g/mol. The summed E-state index contributed by atoms with van der Waals surface area (Å²) in [4.78, 5) is 37.0. The lowest BCUT2D eigenvalue weighted by atomic mass is 10.1. The zero-order valence-electron chi connectivity index (χ0n) is 22.7. The molecule has 2 heterocycles. The summed E-state index contributed by atoms with van der Waals surface area (Å²) in [6.07, 6.45) is -4.72. The lowest BCUT2D eigenvalue weighted by molar-refractivity contribution is -0.274. The molecule has 4 rings (SSSR count). The minimum atomic E-state index is -4.86. The van der Waals surface area contributed by atoms with Gasteiger partial charge in [0.25, 0.3) is 11.5 Å². The number of rotatable bonds is 12. The summed E-state index contributed by atoms with van der Waals surface area (Å²) in [5.74, 6) is -3.77. The Bertz CT molecular complexity index is 1690. The van der Waals surface area contributed by atoms with Gasteiger partial charge in [-0.25, -0.2) is 13.5 Å². The van der Waals surface area contributed by atoms with Crippen LogP contribution in [0.2, 0.25) is 0 Å². The van der Waals surface area contributed by atoms with Crippen molar-refractivity contribution in [3.05, 3.63) is 106 Å². The standard InChI is InChI=1S/C28H24F6N6O4/c29-19(8-10-39-11-9-22(25(31)27(39)43)36-24(41)13-18-5-1-2-7-21(18)30)15-40-16-23(37-38-40)26(42)35-14-17-4-3-6-20(12-17)44-28(32,33)34/h1-7,9,11-12,16,19H,8,10,13-15H2,(H,35,42)(H,36,41). The van der Waals surface area contributed by atoms with Crippen LogP contribution in [0.3, 0.4) is 0 Å². The number of benzene rings is 2. The molecule has 232 valence electrons. The van der Waals surface area contributed by atoms with E-state index in [-0.39, 0.29) is 43.7 Å². The van der Waals surface area contributed by atoms with Gasteiger partial charge in [-0.15, -0.1) is 18.3 Å². The number of halogens is 6. The Hall–Kier alpha value is -5.15. The van der Waals surface area contributed by atoms with Gasteiger partial charge in [-0.2, -0.15) is 4.39 Å². The highest BCUT2D eigenvalue weighted by Crippen LogP contribution is 2.23. The van der Waals surface area contributed by atoms with Crippen molar-refractivity contribution < 1.29 is 40.7 Å². The highest BCUT2D eigenvalue weighted by Gasteiger charge is 2.31. The van der Waals surface area contributed by atoms with Crippen molar-refractivity contribution in [2.24, 2.45) is 0 Å². The minimum Gasteiger partial charge on any atom is -0.406 e. The molecule has 0 spiro atoms. The van der Waals surface area contributed by atoms with Crippen LogP contribution < -0.4 is 20.9 Å². The molecule has 0 saturated heterocycles. The Balaban J connectivity index is 1.26. The first-order chi connectivity index (χ1) is 20.9. The average molecular weight is 623 g/mol. The second-order valence-corrected chi connectivity index (χ2v) is 9.45. The first-order valence-corrected chi connectivity index (χ1v) is 13.0. The zero-order chi connectivity index (χ0) is 31.9. The third-order valence-electron chi connectivity index (χ3n) is 6.11. The van der Waals surface area contributed by atoms with Crippen molar-refractivity contribution in [2.75, 3.05) is 5.32 Å². The normalized spacial score (nSPS) is 12.0. The number of hydrogen-bond donors (Lipinski definition) is 2. The molecular formula is C28H24F6N6O4. The molecule has 0 aliphatic carbocycles. The van der Waals surface area contributed by atoms with Crippen LogP contribution >= 0.6 is 0 Å². The molecule has 0 aliphatic rings. The molecule has 2 amide bonds. The molecule has 10 nitrogen and oxygen atoms in total. The SMILES string of the molecule is O=C(Cc1ccccc1F)Nc1ccn(CCC(F)Cn2cc(C(=O)NCc3cccc(OC(F)(F)F)c3)nn2)c(=O)c1F. The third kappa shape index (κ3) is 8.92. The van der Waals surface area contributed by atoms with Crippen molar-refractivity contribution in [2.45, 2.75) is 45.0 Å². The summed E-state index contributed by atoms with van der Waals surface area (Å²) in [6, 6.07) is 11.7. The average Bonchev–Trinajstić information content (AvgIpc) is 3.43. The van der Waals surface area contributed by atoms with Crippen LogP contribution in [-0.2, 0) is 30.8 Å². The molecule has 1 unspecified atom stereocenters. The lowest BCUT2D eigenvalue weighted by Crippen LogP contribution is -2.27. The van der Waals surface area contributed by atoms with E-state index in [0.29, 0.717) is 5.56 Å². The maximum atomic E-state index is 14.7. The fraction of sp³-hybridized carbons (Fsp3) is 0.250. The van der Waals surface area contributed by atoms with E-state index < -0.39 is 53.0 Å². The quantitative estimate of drug-likeness (QED) is 0.229. The second kappa shape index (κ2) is 13.9. The van der Waals surface area contributed by atoms with Gasteiger partial charge in [0.2, 0.25) is 11.7 Å². The maximum absolute atomic E-state index is 14.7. The summed E-state index contributed by atoms with van der Waals surface area (Å²) in [5.41, 5.74) is -1.26. The van der Waals surface area contributed by atoms with Gasteiger partial charge in [-0.1, -0.05) is 35.5 Å². The number of hydrogen-bond acceptors (Lipinski definition) is 6. The molecule has 0 fully saturated rings. The van der Waals surface area contributed by atoms with Crippen LogP contribution in [0.1, 0.15) is 28.0 Å². The number of pyridine rings is 1. The van der Waals surface area contributed by atoms with Crippen molar-refractivity contribution in [3.63, 3.8) is 0 Å². The summed E-state index contributed by atoms with van der Waals surface area (Å²) in [5, 5.41) is 12.0. The van der Waals surface area contributed by atoms with Gasteiger partial charge in [-0.3, -0.25) is 14.4 Å². The fourth-order valence-electron chi connectivity index (χ4n) is 4.02. The summed E-state index contributed by atoms with van der Waals surface area (Å²) in [7, 11) is 0. The number of nitrogens with zero attached hydrogens (tertiary/aromatic N) is 4. The predicted molar refractivity (Wildman–Crippen MR) is 143 cm³/mol. The van der Waals surface area contributed by atoms with E-state index >= 15 is 0 Å². The third-order valence-corrected chi connectivity index (χ3v) is 6.11. The maximum Gasteiger partial charge on any atom is 0.573 e. The van der Waals surface area contributed by atoms with Crippen LogP contribution in [0, 0.1) is 11.6 Å². The van der Waals surface area contributed by atoms with E-state index in [9.17, 15) is 40.7 Å². The molecular weight excluding hydrogens is 598 g/mol. The second-order valence-electron chi connectivity index (χ2n) is 9.45. The Morgan fingerprint density at radius 3 is 2.57 bits per heavy atom. The largest absolute Gasteiger partial charge is 0.573 e. The number of aryl methyl sites for hydroxylation is 1. The van der Waals surface area contributed by atoms with Crippen molar-refractivity contribution in [1.29, 1.82) is 0 Å². The first kappa shape index (κ1) is 31.8. The summed E-state index contributed by atoms with van der Waals surface area (Å²) in [6.45, 7) is -0.718. The van der Waals surface area contributed by atoms with Gasteiger partial charge in [0.15, 0.2) is 5.69 Å². The van der Waals surface area contributed by atoms with E-state index in [4.69, 9.17) is 0 Å². The summed E-state index contributed by atoms with van der Waals surface area (Å²) < 4.78 is 86.0. The molecule has 2 aromatic carbocycles. The van der Waals surface area contributed by atoms with Crippen LogP contribution in [0.15, 0.2) is 71.8 Å². The predicted octanol–water partition coefficient (Wildman–Crippen LogP) is 4.16. The summed E-state index contributed by atoms with van der Waals surface area (Å²) >= 11 is 0. The molecule has 0 saturated carbocycles. The smallest absolute Gasteiger partial charge is 0.406 e. The molecule has 0 aliphatic heterocycles. The van der Waals surface area contributed by atoms with E-state index in [1.165, 1.54) is 42.6 Å². The molecule has 0 radical (unpaired) electrons. The molecule has 16 heteroatoms. The number of anilines is 1. The van der Waals surface area contributed by atoms with E-state index in [0.717, 1.165) is 33.6 Å². The highest BCUT2D eigenvalue weighted by atomic mass is 19.4. The molecule has 4 aromatic rings. The minimum absolute atomic E-state index is 0.0944.